The predicted octanol–water partition coefficient (Wildman–Crippen LogP) is 2.78. The number of hydrogen-bond donors (Lipinski definition) is 2. The fourth-order valence-corrected chi connectivity index (χ4v) is 2.91. The maximum absolute atomic E-state index is 11.8. The van der Waals surface area contributed by atoms with Gasteiger partial charge in [0.25, 0.3) is 0 Å². The third-order valence-electron chi connectivity index (χ3n) is 3.35. The van der Waals surface area contributed by atoms with Crippen LogP contribution in [0.3, 0.4) is 0 Å². The van der Waals surface area contributed by atoms with Crippen molar-refractivity contribution in [3.8, 4) is 0 Å². The molecule has 0 aliphatic rings. The van der Waals surface area contributed by atoms with Crippen LogP contribution in [-0.2, 0) is 16.0 Å². The van der Waals surface area contributed by atoms with E-state index in [0.29, 0.717) is 25.3 Å². The first-order valence-electron chi connectivity index (χ1n) is 7.40. The number of nitrogens with zero attached hydrogens (tertiary/aromatic N) is 1. The van der Waals surface area contributed by atoms with E-state index < -0.39 is 5.97 Å². The number of thiazole rings is 1. The molecule has 0 aromatic carbocycles. The van der Waals surface area contributed by atoms with Crippen LogP contribution in [0.2, 0.25) is 0 Å². The minimum atomic E-state index is -0.751. The van der Waals surface area contributed by atoms with Crippen LogP contribution in [0.1, 0.15) is 49.7 Å². The molecule has 1 rings (SSSR count). The van der Waals surface area contributed by atoms with Crippen LogP contribution >= 0.6 is 11.3 Å². The topological polar surface area (TPSA) is 79.3 Å². The van der Waals surface area contributed by atoms with Crippen LogP contribution < -0.4 is 5.32 Å². The number of aromatic nitrogens is 1. The van der Waals surface area contributed by atoms with Crippen molar-refractivity contribution in [2.24, 2.45) is 5.92 Å². The van der Waals surface area contributed by atoms with Gasteiger partial charge >= 0.3 is 5.97 Å². The highest BCUT2D eigenvalue weighted by Gasteiger charge is 2.11. The average molecular weight is 312 g/mol. The third kappa shape index (κ3) is 7.80. The van der Waals surface area contributed by atoms with E-state index in [9.17, 15) is 9.59 Å². The van der Waals surface area contributed by atoms with E-state index in [1.54, 1.807) is 11.3 Å². The molecule has 1 heterocycles. The maximum Gasteiger partial charge on any atom is 0.303 e. The molecule has 0 aliphatic carbocycles. The van der Waals surface area contributed by atoms with Gasteiger partial charge in [0.1, 0.15) is 0 Å². The first-order chi connectivity index (χ1) is 10.0. The Kier molecular flexibility index (Phi) is 7.97. The molecule has 2 N–H and O–H groups in total. The van der Waals surface area contributed by atoms with Crippen LogP contribution in [-0.4, -0.2) is 28.5 Å². The van der Waals surface area contributed by atoms with E-state index >= 15 is 0 Å². The summed E-state index contributed by atoms with van der Waals surface area (Å²) >= 11 is 1.54. The predicted molar refractivity (Wildman–Crippen MR) is 83.4 cm³/mol. The summed E-state index contributed by atoms with van der Waals surface area (Å²) in [4.78, 5) is 26.7. The number of carbonyl (C=O) groups excluding carboxylic acids is 1. The molecule has 0 bridgehead atoms. The normalized spacial score (nSPS) is 12.1. The highest BCUT2D eigenvalue weighted by atomic mass is 32.1. The second kappa shape index (κ2) is 9.50. The van der Waals surface area contributed by atoms with Crippen molar-refractivity contribution in [1.29, 1.82) is 0 Å². The number of aryl methyl sites for hydroxylation is 1. The highest BCUT2D eigenvalue weighted by molar-refractivity contribution is 7.09. The van der Waals surface area contributed by atoms with Gasteiger partial charge < -0.3 is 10.4 Å². The smallest absolute Gasteiger partial charge is 0.303 e. The molecule has 5 nitrogen and oxygen atoms in total. The number of aliphatic carboxylic acids is 1. The molecular weight excluding hydrogens is 288 g/mol. The minimum absolute atomic E-state index is 0.0196. The number of carbonyl (C=O) groups is 2. The molecule has 0 radical (unpaired) electrons. The summed E-state index contributed by atoms with van der Waals surface area (Å²) in [7, 11) is 0. The fourth-order valence-electron chi connectivity index (χ4n) is 2.30. The van der Waals surface area contributed by atoms with Gasteiger partial charge in [-0.15, -0.1) is 11.3 Å². The molecule has 1 unspecified atom stereocenters. The van der Waals surface area contributed by atoms with Crippen molar-refractivity contribution < 1.29 is 14.7 Å². The van der Waals surface area contributed by atoms with E-state index in [0.717, 1.165) is 30.0 Å². The lowest BCUT2D eigenvalue weighted by Crippen LogP contribution is -2.27. The van der Waals surface area contributed by atoms with Crippen molar-refractivity contribution in [2.45, 2.75) is 52.4 Å². The summed E-state index contributed by atoms with van der Waals surface area (Å²) in [6, 6.07) is 0. The summed E-state index contributed by atoms with van der Waals surface area (Å²) in [5.41, 5.74) is 0.811. The summed E-state index contributed by atoms with van der Waals surface area (Å²) in [6.45, 7) is 4.62. The van der Waals surface area contributed by atoms with E-state index in [1.807, 2.05) is 12.3 Å². The van der Waals surface area contributed by atoms with Crippen molar-refractivity contribution in [2.75, 3.05) is 6.54 Å². The van der Waals surface area contributed by atoms with E-state index in [2.05, 4.69) is 17.2 Å². The molecule has 0 saturated heterocycles. The Balaban J connectivity index is 2.25. The van der Waals surface area contributed by atoms with Gasteiger partial charge in [-0.1, -0.05) is 19.8 Å². The molecule has 1 aromatic rings. The lowest BCUT2D eigenvalue weighted by atomic mass is 9.94. The number of carboxylic acids is 1. The van der Waals surface area contributed by atoms with Crippen LogP contribution in [0.4, 0.5) is 0 Å². The Morgan fingerprint density at radius 3 is 2.71 bits per heavy atom. The third-order valence-corrected chi connectivity index (χ3v) is 4.17. The number of carboxylic acid groups (broad SMARTS) is 1. The second-order valence-corrected chi connectivity index (χ2v) is 6.32. The molecule has 0 spiro atoms. The SMILES string of the molecule is CCCC(CCNC(=O)Cc1csc(C)n1)CCC(=O)O. The molecular formula is C15H24N2O3S. The van der Waals surface area contributed by atoms with Crippen LogP contribution in [0.25, 0.3) is 0 Å². The van der Waals surface area contributed by atoms with Gasteiger partial charge in [-0.25, -0.2) is 4.98 Å². The Labute approximate surface area is 129 Å². The van der Waals surface area contributed by atoms with Gasteiger partial charge in [0, 0.05) is 18.3 Å². The largest absolute Gasteiger partial charge is 0.481 e. The van der Waals surface area contributed by atoms with Gasteiger partial charge in [0.05, 0.1) is 17.1 Å². The standard InChI is InChI=1S/C15H24N2O3S/c1-3-4-12(5-6-15(19)20)7-8-16-14(18)9-13-10-21-11(2)17-13/h10,12H,3-9H2,1-2H3,(H,16,18)(H,19,20). The van der Waals surface area contributed by atoms with Gasteiger partial charge in [-0.3, -0.25) is 9.59 Å². The van der Waals surface area contributed by atoms with Crippen LogP contribution in [0.5, 0.6) is 0 Å². The van der Waals surface area contributed by atoms with Crippen LogP contribution in [0, 0.1) is 12.8 Å². The molecule has 1 aromatic heterocycles. The van der Waals surface area contributed by atoms with E-state index in [-0.39, 0.29) is 12.3 Å². The molecule has 118 valence electrons. The van der Waals surface area contributed by atoms with E-state index in [1.165, 1.54) is 0 Å². The maximum atomic E-state index is 11.8. The van der Waals surface area contributed by atoms with Gasteiger partial charge in [-0.05, 0) is 25.7 Å². The van der Waals surface area contributed by atoms with Crippen LogP contribution in [0.15, 0.2) is 5.38 Å². The zero-order valence-electron chi connectivity index (χ0n) is 12.7. The number of hydrogen-bond acceptors (Lipinski definition) is 4. The summed E-state index contributed by atoms with van der Waals surface area (Å²) < 4.78 is 0. The molecule has 1 amide bonds. The minimum Gasteiger partial charge on any atom is -0.481 e. The highest BCUT2D eigenvalue weighted by Crippen LogP contribution is 2.17. The second-order valence-electron chi connectivity index (χ2n) is 5.26. The quantitative estimate of drug-likeness (QED) is 0.696. The van der Waals surface area contributed by atoms with Crippen molar-refractivity contribution in [1.82, 2.24) is 10.3 Å². The van der Waals surface area contributed by atoms with Gasteiger partial charge in [0.15, 0.2) is 0 Å². The Morgan fingerprint density at radius 1 is 1.38 bits per heavy atom. The average Bonchev–Trinajstić information content (AvgIpc) is 2.81. The number of rotatable bonds is 10. The Hall–Kier alpha value is -1.43. The zero-order chi connectivity index (χ0) is 15.7. The zero-order valence-corrected chi connectivity index (χ0v) is 13.5. The molecule has 0 saturated carbocycles. The van der Waals surface area contributed by atoms with Crippen molar-refractivity contribution in [3.05, 3.63) is 16.1 Å². The van der Waals surface area contributed by atoms with Gasteiger partial charge in [0.2, 0.25) is 5.91 Å². The summed E-state index contributed by atoms with van der Waals surface area (Å²) in [5, 5.41) is 14.5. The molecule has 6 heteroatoms. The molecule has 0 aliphatic heterocycles. The Bertz CT molecular complexity index is 460. The fraction of sp³-hybridized carbons (Fsp3) is 0.667. The van der Waals surface area contributed by atoms with Crippen molar-refractivity contribution in [3.63, 3.8) is 0 Å². The molecule has 21 heavy (non-hydrogen) atoms. The van der Waals surface area contributed by atoms with Gasteiger partial charge in [-0.2, -0.15) is 0 Å². The monoisotopic (exact) mass is 312 g/mol. The lowest BCUT2D eigenvalue weighted by Gasteiger charge is -2.15. The molecule has 1 atom stereocenters. The summed E-state index contributed by atoms with van der Waals surface area (Å²) in [5.74, 6) is -0.402. The van der Waals surface area contributed by atoms with E-state index in [4.69, 9.17) is 5.11 Å². The molecule has 0 fully saturated rings. The summed E-state index contributed by atoms with van der Waals surface area (Å²) in [6.07, 6.45) is 4.09. The first-order valence-corrected chi connectivity index (χ1v) is 8.28. The number of nitrogens with one attached hydrogen (secondary N) is 1. The Morgan fingerprint density at radius 2 is 2.14 bits per heavy atom. The first kappa shape index (κ1) is 17.6. The lowest BCUT2D eigenvalue weighted by molar-refractivity contribution is -0.137. The number of amides is 1. The van der Waals surface area contributed by atoms with Crippen molar-refractivity contribution >= 4 is 23.2 Å².